The summed E-state index contributed by atoms with van der Waals surface area (Å²) in [5, 5.41) is 2.22. The second-order valence-electron chi connectivity index (χ2n) is 16.3. The van der Waals surface area contributed by atoms with Crippen molar-refractivity contribution in [3.05, 3.63) is 225 Å². The third-order valence-corrected chi connectivity index (χ3v) is 12.2. The van der Waals surface area contributed by atoms with E-state index in [1.165, 1.54) is 0 Å². The second kappa shape index (κ2) is 16.7. The number of ether oxygens (including phenoxy) is 2. The summed E-state index contributed by atoms with van der Waals surface area (Å²) >= 11 is 0. The molecule has 66 heavy (non-hydrogen) atoms. The van der Waals surface area contributed by atoms with E-state index in [4.69, 9.17) is 34.4 Å². The van der Waals surface area contributed by atoms with Crippen LogP contribution in [-0.2, 0) is 0 Å². The molecule has 1 aliphatic carbocycles. The standard InChI is InChI=1S/C59H39N5O2/c1-3-15-39(16-4-1)57-62-58(40-17-5-2-6-18-40)64-59(63-57)41-27-25-38(26-28-41)45-29-31-49(48-20-8-7-19-47(45)48)50-32-30-46(55-56(50)66-54-24-10-9-23-53(54)65-55)42-35-43(51-21-11-13-33-60-51)37-44(36-42)52-22-12-14-34-61-52/h1-37,53-54H. The van der Waals surface area contributed by atoms with E-state index in [9.17, 15) is 0 Å². The van der Waals surface area contributed by atoms with Crippen LogP contribution in [0, 0.1) is 0 Å². The Morgan fingerprint density at radius 1 is 0.318 bits per heavy atom. The molecule has 0 fully saturated rings. The van der Waals surface area contributed by atoms with Gasteiger partial charge in [-0.15, -0.1) is 0 Å². The van der Waals surface area contributed by atoms with Gasteiger partial charge in [-0.3, -0.25) is 9.97 Å². The summed E-state index contributed by atoms with van der Waals surface area (Å²) in [5.41, 5.74) is 12.6. The summed E-state index contributed by atoms with van der Waals surface area (Å²) in [5.74, 6) is 3.29. The van der Waals surface area contributed by atoms with Crippen molar-refractivity contribution in [3.63, 3.8) is 0 Å². The monoisotopic (exact) mass is 849 g/mol. The molecule has 7 nitrogen and oxygen atoms in total. The highest BCUT2D eigenvalue weighted by atomic mass is 16.6. The van der Waals surface area contributed by atoms with Crippen LogP contribution >= 0.6 is 0 Å². The Balaban J connectivity index is 0.958. The van der Waals surface area contributed by atoms with E-state index in [2.05, 4.69) is 103 Å². The van der Waals surface area contributed by atoms with Crippen LogP contribution in [0.25, 0.3) is 101 Å². The molecular weight excluding hydrogens is 811 g/mol. The van der Waals surface area contributed by atoms with Crippen LogP contribution in [0.1, 0.15) is 0 Å². The highest BCUT2D eigenvalue weighted by Crippen LogP contribution is 2.51. The van der Waals surface area contributed by atoms with E-state index in [0.29, 0.717) is 29.0 Å². The van der Waals surface area contributed by atoms with Gasteiger partial charge in [0.05, 0.1) is 11.4 Å². The molecule has 312 valence electrons. The van der Waals surface area contributed by atoms with Crippen molar-refractivity contribution in [3.8, 4) is 102 Å². The Morgan fingerprint density at radius 2 is 0.742 bits per heavy atom. The molecule has 12 rings (SSSR count). The number of nitrogens with zero attached hydrogens (tertiary/aromatic N) is 5. The van der Waals surface area contributed by atoms with Gasteiger partial charge in [-0.2, -0.15) is 0 Å². The van der Waals surface area contributed by atoms with E-state index in [1.807, 2.05) is 122 Å². The Bertz CT molecular complexity index is 3350. The maximum absolute atomic E-state index is 7.00. The first-order valence-electron chi connectivity index (χ1n) is 22.0. The van der Waals surface area contributed by atoms with Crippen LogP contribution in [-0.4, -0.2) is 37.1 Å². The van der Waals surface area contributed by atoms with Gasteiger partial charge in [0.1, 0.15) is 0 Å². The lowest BCUT2D eigenvalue weighted by atomic mass is 9.89. The quantitative estimate of drug-likeness (QED) is 0.151. The predicted molar refractivity (Wildman–Crippen MR) is 264 cm³/mol. The molecule has 7 heteroatoms. The number of pyridine rings is 2. The lowest BCUT2D eigenvalue weighted by Gasteiger charge is -2.34. The highest BCUT2D eigenvalue weighted by molar-refractivity contribution is 6.06. The van der Waals surface area contributed by atoms with E-state index in [-0.39, 0.29) is 12.2 Å². The Morgan fingerprint density at radius 3 is 1.29 bits per heavy atom. The van der Waals surface area contributed by atoms with Crippen LogP contribution in [0.5, 0.6) is 11.5 Å². The fourth-order valence-electron chi connectivity index (χ4n) is 8.96. The third-order valence-electron chi connectivity index (χ3n) is 12.2. The van der Waals surface area contributed by atoms with E-state index in [0.717, 1.165) is 83.4 Å². The lowest BCUT2D eigenvalue weighted by Crippen LogP contribution is -2.38. The molecule has 2 unspecified atom stereocenters. The van der Waals surface area contributed by atoms with Crippen LogP contribution in [0.15, 0.2) is 225 Å². The summed E-state index contributed by atoms with van der Waals surface area (Å²) in [6, 6.07) is 64.4. The number of rotatable bonds is 8. The normalized spacial score (nSPS) is 14.8. The van der Waals surface area contributed by atoms with Crippen molar-refractivity contribution < 1.29 is 9.47 Å². The molecule has 0 spiro atoms. The predicted octanol–water partition coefficient (Wildman–Crippen LogP) is 13.8. The smallest absolute Gasteiger partial charge is 0.170 e. The van der Waals surface area contributed by atoms with Crippen LogP contribution in [0.3, 0.4) is 0 Å². The number of aromatic nitrogens is 5. The van der Waals surface area contributed by atoms with Crippen LogP contribution in [0.2, 0.25) is 0 Å². The molecule has 0 N–H and O–H groups in total. The first-order chi connectivity index (χ1) is 32.7. The number of hydrogen-bond donors (Lipinski definition) is 0. The molecule has 7 aromatic carbocycles. The van der Waals surface area contributed by atoms with Gasteiger partial charge in [0, 0.05) is 51.3 Å². The molecule has 10 aromatic rings. The molecule has 2 atom stereocenters. The molecule has 0 saturated heterocycles. The summed E-state index contributed by atoms with van der Waals surface area (Å²) < 4.78 is 14.0. The van der Waals surface area contributed by atoms with E-state index >= 15 is 0 Å². The third kappa shape index (κ3) is 7.28. The zero-order chi connectivity index (χ0) is 43.8. The van der Waals surface area contributed by atoms with Crippen molar-refractivity contribution in [1.82, 2.24) is 24.9 Å². The fourth-order valence-corrected chi connectivity index (χ4v) is 8.96. The SMILES string of the molecule is C1=CC2Oc3c(-c4cc(-c5ccccn5)cc(-c5ccccn5)c4)ccc(-c4ccc(-c5ccc(-c6nc(-c7ccccc7)nc(-c7ccccc7)n6)cc5)c5ccccc45)c3OC2C=C1. The minimum Gasteiger partial charge on any atom is -0.478 e. The zero-order valence-corrected chi connectivity index (χ0v) is 35.6. The zero-order valence-electron chi connectivity index (χ0n) is 35.6. The maximum atomic E-state index is 7.00. The molecule has 4 heterocycles. The van der Waals surface area contributed by atoms with Crippen molar-refractivity contribution in [2.24, 2.45) is 0 Å². The first-order valence-corrected chi connectivity index (χ1v) is 22.0. The van der Waals surface area contributed by atoms with Gasteiger partial charge < -0.3 is 9.47 Å². The lowest BCUT2D eigenvalue weighted by molar-refractivity contribution is 0.0769. The average Bonchev–Trinajstić information content (AvgIpc) is 3.40. The topological polar surface area (TPSA) is 82.9 Å². The number of hydrogen-bond acceptors (Lipinski definition) is 7. The number of allylic oxidation sites excluding steroid dienone is 2. The number of fused-ring (bicyclic) bond motifs is 3. The van der Waals surface area contributed by atoms with Crippen molar-refractivity contribution >= 4 is 10.8 Å². The Kier molecular flexibility index (Phi) is 9.83. The van der Waals surface area contributed by atoms with Gasteiger partial charge >= 0.3 is 0 Å². The molecule has 0 amide bonds. The Hall–Kier alpha value is -8.81. The molecule has 0 saturated carbocycles. The van der Waals surface area contributed by atoms with Gasteiger partial charge in [-0.25, -0.2) is 15.0 Å². The van der Waals surface area contributed by atoms with Crippen molar-refractivity contribution in [2.75, 3.05) is 0 Å². The van der Waals surface area contributed by atoms with E-state index in [1.54, 1.807) is 0 Å². The van der Waals surface area contributed by atoms with Crippen molar-refractivity contribution in [2.45, 2.75) is 12.2 Å². The van der Waals surface area contributed by atoms with Crippen LogP contribution in [0.4, 0.5) is 0 Å². The van der Waals surface area contributed by atoms with Gasteiger partial charge in [0.15, 0.2) is 41.2 Å². The summed E-state index contributed by atoms with van der Waals surface area (Å²) in [7, 11) is 0. The molecule has 0 radical (unpaired) electrons. The highest BCUT2D eigenvalue weighted by Gasteiger charge is 2.34. The molecule has 3 aromatic heterocycles. The van der Waals surface area contributed by atoms with Crippen molar-refractivity contribution in [1.29, 1.82) is 0 Å². The van der Waals surface area contributed by atoms with Crippen LogP contribution < -0.4 is 9.47 Å². The molecule has 0 bridgehead atoms. The average molecular weight is 850 g/mol. The first kappa shape index (κ1) is 38.8. The maximum Gasteiger partial charge on any atom is 0.170 e. The largest absolute Gasteiger partial charge is 0.478 e. The van der Waals surface area contributed by atoms with E-state index < -0.39 is 0 Å². The minimum absolute atomic E-state index is 0.276. The van der Waals surface area contributed by atoms with Gasteiger partial charge in [0.25, 0.3) is 0 Å². The van der Waals surface area contributed by atoms with Gasteiger partial charge in [-0.05, 0) is 99.8 Å². The second-order valence-corrected chi connectivity index (χ2v) is 16.3. The van der Waals surface area contributed by atoms with Gasteiger partial charge in [0.2, 0.25) is 0 Å². The summed E-state index contributed by atoms with van der Waals surface area (Å²) in [6.07, 6.45) is 11.3. The summed E-state index contributed by atoms with van der Waals surface area (Å²) in [6.45, 7) is 0. The Labute approximate surface area is 382 Å². The number of benzene rings is 7. The summed E-state index contributed by atoms with van der Waals surface area (Å²) in [4.78, 5) is 24.2. The molecule has 2 aliphatic rings. The fraction of sp³-hybridized carbons (Fsp3) is 0.0339. The minimum atomic E-state index is -0.278. The van der Waals surface area contributed by atoms with Gasteiger partial charge in [-0.1, -0.05) is 146 Å². The molecular formula is C59H39N5O2. The molecule has 1 aliphatic heterocycles.